The van der Waals surface area contributed by atoms with Gasteiger partial charge in [0.15, 0.2) is 23.3 Å². The minimum Gasteiger partial charge on any atom is -0.462 e. The van der Waals surface area contributed by atoms with Gasteiger partial charge >= 0.3 is 5.97 Å². The van der Waals surface area contributed by atoms with Crippen LogP contribution in [0.2, 0.25) is 0 Å². The van der Waals surface area contributed by atoms with Gasteiger partial charge in [-0.1, -0.05) is 50.6 Å². The number of esters is 1. The Labute approximate surface area is 237 Å². The highest BCUT2D eigenvalue weighted by atomic mass is 16.7. The molecule has 0 aromatic rings. The van der Waals surface area contributed by atoms with Crippen molar-refractivity contribution in [2.24, 2.45) is 17.8 Å². The number of fused-ring (bicyclic) bond motifs is 2. The maximum Gasteiger partial charge on any atom is 0.316 e. The molecule has 0 amide bonds. The Balaban J connectivity index is 1.36. The van der Waals surface area contributed by atoms with Gasteiger partial charge in [0.2, 0.25) is 0 Å². The monoisotopic (exact) mass is 556 g/mol. The van der Waals surface area contributed by atoms with Gasteiger partial charge < -0.3 is 28.8 Å². The third kappa shape index (κ3) is 4.55. The molecule has 4 fully saturated rings. The van der Waals surface area contributed by atoms with Crippen molar-refractivity contribution in [2.45, 2.75) is 127 Å². The highest BCUT2D eigenvalue weighted by Gasteiger charge is 2.80. The predicted molar refractivity (Wildman–Crippen MR) is 146 cm³/mol. The Morgan fingerprint density at radius 1 is 1.07 bits per heavy atom. The summed E-state index contributed by atoms with van der Waals surface area (Å²) in [6.45, 7) is 10.3. The summed E-state index contributed by atoms with van der Waals surface area (Å²) in [4.78, 5) is 27.1. The molecular formula is C32H44O8. The van der Waals surface area contributed by atoms with E-state index in [0.717, 1.165) is 25.7 Å². The number of carbonyl (C=O) groups excluding carboxylic acids is 2. The summed E-state index contributed by atoms with van der Waals surface area (Å²) in [5.74, 6) is -2.09. The smallest absolute Gasteiger partial charge is 0.316 e. The van der Waals surface area contributed by atoms with Gasteiger partial charge in [0.05, 0.1) is 18.8 Å². The number of hydrogen-bond donors (Lipinski definition) is 1. The Hall–Kier alpha value is -1.84. The first-order valence-electron chi connectivity index (χ1n) is 15.1. The molecule has 0 unspecified atom stereocenters. The first kappa shape index (κ1) is 28.3. The van der Waals surface area contributed by atoms with Crippen LogP contribution in [-0.4, -0.2) is 71.0 Å². The number of Topliss-reactive ketones (excluding diaryl/α,β-unsaturated/α-hetero) is 1. The van der Waals surface area contributed by atoms with Crippen molar-refractivity contribution < 1.29 is 38.4 Å². The molecule has 11 atom stereocenters. The number of ether oxygens (including phenoxy) is 5. The molecule has 0 aromatic carbocycles. The SMILES string of the molecule is CC[C@H]1O[C@]2(CC[C@@H]1C)C[C@@H]1C[C@@H](C/C=C(\C)C[C@@H](C)/C=C\[C@H]3O[C@]34CO[C@@H]3C(=O)C(C)=C[C@@H](C(=O)O1)[C@@]34O)O2. The lowest BCUT2D eigenvalue weighted by molar-refractivity contribution is -0.335. The largest absolute Gasteiger partial charge is 0.462 e. The van der Waals surface area contributed by atoms with Crippen LogP contribution in [0, 0.1) is 17.8 Å². The van der Waals surface area contributed by atoms with Crippen LogP contribution in [0.25, 0.3) is 0 Å². The molecule has 4 saturated heterocycles. The third-order valence-electron chi connectivity index (χ3n) is 10.2. The maximum atomic E-state index is 14.0. The molecule has 5 aliphatic heterocycles. The maximum absolute atomic E-state index is 14.0. The van der Waals surface area contributed by atoms with Crippen molar-refractivity contribution in [1.82, 2.24) is 0 Å². The molecule has 220 valence electrons. The molecule has 8 heteroatoms. The molecule has 0 aromatic heterocycles. The van der Waals surface area contributed by atoms with Gasteiger partial charge in [0.1, 0.15) is 23.7 Å². The Morgan fingerprint density at radius 3 is 2.65 bits per heavy atom. The Kier molecular flexibility index (Phi) is 7.18. The van der Waals surface area contributed by atoms with E-state index in [1.54, 1.807) is 13.0 Å². The second-order valence-electron chi connectivity index (χ2n) is 13.2. The normalized spacial score (nSPS) is 51.1. The zero-order valence-electron chi connectivity index (χ0n) is 24.4. The Morgan fingerprint density at radius 2 is 1.88 bits per heavy atom. The van der Waals surface area contributed by atoms with E-state index in [4.69, 9.17) is 23.7 Å². The highest BCUT2D eigenvalue weighted by molar-refractivity contribution is 6.03. The van der Waals surface area contributed by atoms with E-state index in [0.29, 0.717) is 30.8 Å². The van der Waals surface area contributed by atoms with Crippen molar-refractivity contribution >= 4 is 11.8 Å². The van der Waals surface area contributed by atoms with Crippen LogP contribution in [0.15, 0.2) is 35.5 Å². The lowest BCUT2D eigenvalue weighted by atomic mass is 9.67. The van der Waals surface area contributed by atoms with Crippen molar-refractivity contribution in [3.8, 4) is 0 Å². The van der Waals surface area contributed by atoms with E-state index < -0.39 is 47.2 Å². The van der Waals surface area contributed by atoms with Gasteiger partial charge in [-0.25, -0.2) is 0 Å². The van der Waals surface area contributed by atoms with Gasteiger partial charge in [-0.2, -0.15) is 0 Å². The number of ketones is 1. The molecule has 0 saturated carbocycles. The first-order valence-corrected chi connectivity index (χ1v) is 15.1. The molecule has 2 spiro atoms. The first-order chi connectivity index (χ1) is 19.0. The van der Waals surface area contributed by atoms with Gasteiger partial charge in [-0.15, -0.1) is 0 Å². The van der Waals surface area contributed by atoms with E-state index in [9.17, 15) is 14.7 Å². The average molecular weight is 557 g/mol. The molecule has 1 aliphatic carbocycles. The fourth-order valence-electron chi connectivity index (χ4n) is 7.80. The van der Waals surface area contributed by atoms with E-state index in [1.807, 2.05) is 6.08 Å². The molecule has 5 heterocycles. The minimum atomic E-state index is -1.85. The summed E-state index contributed by atoms with van der Waals surface area (Å²) < 4.78 is 31.5. The molecular weight excluding hydrogens is 512 g/mol. The Bertz CT molecular complexity index is 1140. The van der Waals surface area contributed by atoms with E-state index in [2.05, 4.69) is 39.8 Å². The predicted octanol–water partition coefficient (Wildman–Crippen LogP) is 4.34. The number of aliphatic hydroxyl groups is 1. The quantitative estimate of drug-likeness (QED) is 0.289. The van der Waals surface area contributed by atoms with Gasteiger partial charge in [-0.05, 0) is 56.9 Å². The number of hydrogen-bond acceptors (Lipinski definition) is 8. The zero-order chi connectivity index (χ0) is 28.4. The number of epoxide rings is 1. The number of carbonyl (C=O) groups is 2. The van der Waals surface area contributed by atoms with Crippen LogP contribution in [0.3, 0.4) is 0 Å². The molecule has 8 nitrogen and oxygen atoms in total. The van der Waals surface area contributed by atoms with E-state index >= 15 is 0 Å². The van der Waals surface area contributed by atoms with Gasteiger partial charge in [0.25, 0.3) is 0 Å². The molecule has 6 aliphatic rings. The second-order valence-corrected chi connectivity index (χ2v) is 13.2. The average Bonchev–Trinajstić information content (AvgIpc) is 3.55. The lowest BCUT2D eigenvalue weighted by Crippen LogP contribution is -2.62. The molecule has 0 radical (unpaired) electrons. The second kappa shape index (κ2) is 10.2. The van der Waals surface area contributed by atoms with Crippen molar-refractivity contribution in [2.75, 3.05) is 6.61 Å². The van der Waals surface area contributed by atoms with Crippen LogP contribution in [0.1, 0.15) is 79.6 Å². The van der Waals surface area contributed by atoms with Crippen molar-refractivity contribution in [1.29, 1.82) is 0 Å². The molecule has 2 bridgehead atoms. The summed E-state index contributed by atoms with van der Waals surface area (Å²) in [5, 5.41) is 12.2. The summed E-state index contributed by atoms with van der Waals surface area (Å²) in [5.41, 5.74) is -1.36. The standard InChI is InChI=1S/C32H44O8/c1-6-25-20(4)11-12-30(39-25)16-23-15-22(38-30)9-7-18(2)13-19(3)8-10-26-31(40-26)17-36-28-27(33)21(5)14-24(29(34)37-23)32(28,31)35/h7-8,10,14,19-20,22-26,28,35H,6,9,11-13,15-17H2,1-5H3/b10-8-,18-7+/t19-,20-,22+,23-,24-,25+,26+,28+,30+,31+,32+/m0/s1. The summed E-state index contributed by atoms with van der Waals surface area (Å²) in [7, 11) is 0. The fraction of sp³-hybridized carbons (Fsp3) is 0.750. The summed E-state index contributed by atoms with van der Waals surface area (Å²) in [6, 6.07) is 0. The van der Waals surface area contributed by atoms with Crippen LogP contribution in [0.5, 0.6) is 0 Å². The highest BCUT2D eigenvalue weighted by Crippen LogP contribution is 2.58. The summed E-state index contributed by atoms with van der Waals surface area (Å²) >= 11 is 0. The van der Waals surface area contributed by atoms with Crippen LogP contribution >= 0.6 is 0 Å². The van der Waals surface area contributed by atoms with Crippen LogP contribution < -0.4 is 0 Å². The van der Waals surface area contributed by atoms with E-state index in [-0.39, 0.29) is 30.5 Å². The zero-order valence-corrected chi connectivity index (χ0v) is 24.4. The molecule has 6 rings (SSSR count). The molecule has 40 heavy (non-hydrogen) atoms. The topological polar surface area (TPSA) is 104 Å². The van der Waals surface area contributed by atoms with Crippen LogP contribution in [-0.2, 0) is 33.3 Å². The van der Waals surface area contributed by atoms with Crippen molar-refractivity contribution in [3.05, 3.63) is 35.5 Å². The minimum absolute atomic E-state index is 0.0417. The summed E-state index contributed by atoms with van der Waals surface area (Å²) in [6.07, 6.45) is 10.9. The third-order valence-corrected chi connectivity index (χ3v) is 10.2. The number of rotatable bonds is 1. The van der Waals surface area contributed by atoms with Gasteiger partial charge in [0, 0.05) is 19.3 Å². The van der Waals surface area contributed by atoms with E-state index in [1.165, 1.54) is 5.57 Å². The fourth-order valence-corrected chi connectivity index (χ4v) is 7.80. The molecule has 1 N–H and O–H groups in total. The van der Waals surface area contributed by atoms with Gasteiger partial charge in [-0.3, -0.25) is 9.59 Å². The van der Waals surface area contributed by atoms with Crippen molar-refractivity contribution in [3.63, 3.8) is 0 Å². The lowest BCUT2D eigenvalue weighted by Gasteiger charge is -2.49. The van der Waals surface area contributed by atoms with Crippen LogP contribution in [0.4, 0.5) is 0 Å². The number of allylic oxidation sites excluding steroid dienone is 2.